The number of imidazole rings is 1. The first-order chi connectivity index (χ1) is 9.02. The number of nitrogens with zero attached hydrogens (tertiary/aromatic N) is 3. The van der Waals surface area contributed by atoms with Gasteiger partial charge >= 0.3 is 0 Å². The minimum atomic E-state index is -0.872. The molecule has 0 aliphatic carbocycles. The molecule has 2 unspecified atom stereocenters. The van der Waals surface area contributed by atoms with E-state index in [1.807, 2.05) is 17.6 Å². The molecule has 19 heavy (non-hydrogen) atoms. The zero-order valence-corrected chi connectivity index (χ0v) is 12.7. The van der Waals surface area contributed by atoms with Gasteiger partial charge < -0.3 is 9.30 Å². The van der Waals surface area contributed by atoms with Gasteiger partial charge in [-0.3, -0.25) is 4.21 Å². The van der Waals surface area contributed by atoms with Crippen molar-refractivity contribution in [1.82, 2.24) is 14.5 Å². The summed E-state index contributed by atoms with van der Waals surface area (Å²) in [4.78, 5) is 8.87. The predicted molar refractivity (Wildman–Crippen MR) is 77.3 cm³/mol. The van der Waals surface area contributed by atoms with Crippen LogP contribution in [-0.4, -0.2) is 37.9 Å². The molecule has 5 nitrogen and oxygen atoms in total. The SMILES string of the molecule is COc1ccc2nc(C(C)Cl)n(CCS(C)=O)c2n1. The average Bonchev–Trinajstić information content (AvgIpc) is 2.74. The fourth-order valence-electron chi connectivity index (χ4n) is 1.86. The molecular weight excluding hydrogens is 286 g/mol. The van der Waals surface area contributed by atoms with Crippen LogP contribution in [0.25, 0.3) is 11.2 Å². The Hall–Kier alpha value is -1.14. The Balaban J connectivity index is 2.53. The largest absolute Gasteiger partial charge is 0.481 e. The highest BCUT2D eigenvalue weighted by molar-refractivity contribution is 7.84. The molecule has 104 valence electrons. The summed E-state index contributed by atoms with van der Waals surface area (Å²) < 4.78 is 18.3. The summed E-state index contributed by atoms with van der Waals surface area (Å²) in [6.45, 7) is 2.44. The maximum Gasteiger partial charge on any atom is 0.215 e. The number of hydrogen-bond acceptors (Lipinski definition) is 4. The van der Waals surface area contributed by atoms with Crippen LogP contribution in [0.2, 0.25) is 0 Å². The molecule has 0 aliphatic heterocycles. The van der Waals surface area contributed by atoms with Gasteiger partial charge in [0.25, 0.3) is 0 Å². The normalized spacial score (nSPS) is 14.5. The highest BCUT2D eigenvalue weighted by atomic mass is 35.5. The molecule has 0 aromatic carbocycles. The molecule has 0 aliphatic rings. The lowest BCUT2D eigenvalue weighted by atomic mass is 10.4. The van der Waals surface area contributed by atoms with Crippen LogP contribution >= 0.6 is 11.6 Å². The smallest absolute Gasteiger partial charge is 0.215 e. The van der Waals surface area contributed by atoms with E-state index in [-0.39, 0.29) is 5.38 Å². The van der Waals surface area contributed by atoms with Crippen LogP contribution in [0.5, 0.6) is 5.88 Å². The Bertz CT molecular complexity index is 612. The number of aromatic nitrogens is 3. The number of aryl methyl sites for hydroxylation is 1. The van der Waals surface area contributed by atoms with E-state index in [0.717, 1.165) is 11.3 Å². The minimum absolute atomic E-state index is 0.231. The Labute approximate surface area is 119 Å². The van der Waals surface area contributed by atoms with Gasteiger partial charge in [0.2, 0.25) is 5.88 Å². The summed E-state index contributed by atoms with van der Waals surface area (Å²) in [6, 6.07) is 3.61. The fourth-order valence-corrected chi connectivity index (χ4v) is 2.47. The summed E-state index contributed by atoms with van der Waals surface area (Å²) in [5, 5.41) is -0.231. The molecule has 0 saturated heterocycles. The second-order valence-electron chi connectivity index (χ2n) is 4.21. The second kappa shape index (κ2) is 5.88. The predicted octanol–water partition coefficient (Wildman–Crippen LogP) is 2.12. The second-order valence-corrected chi connectivity index (χ2v) is 6.42. The van der Waals surface area contributed by atoms with Crippen molar-refractivity contribution in [2.75, 3.05) is 19.1 Å². The Morgan fingerprint density at radius 1 is 1.47 bits per heavy atom. The fraction of sp³-hybridized carbons (Fsp3) is 0.500. The zero-order valence-electron chi connectivity index (χ0n) is 11.1. The molecule has 0 amide bonds. The first-order valence-corrected chi connectivity index (χ1v) is 8.04. The van der Waals surface area contributed by atoms with Crippen molar-refractivity contribution in [3.63, 3.8) is 0 Å². The van der Waals surface area contributed by atoms with Crippen LogP contribution in [-0.2, 0) is 17.3 Å². The van der Waals surface area contributed by atoms with Crippen molar-refractivity contribution in [1.29, 1.82) is 0 Å². The Morgan fingerprint density at radius 2 is 2.21 bits per heavy atom. The van der Waals surface area contributed by atoms with Gasteiger partial charge in [0, 0.05) is 35.4 Å². The van der Waals surface area contributed by atoms with Gasteiger partial charge in [-0.2, -0.15) is 4.98 Å². The van der Waals surface area contributed by atoms with Crippen LogP contribution < -0.4 is 4.74 Å². The van der Waals surface area contributed by atoms with Crippen molar-refractivity contribution in [3.05, 3.63) is 18.0 Å². The number of rotatable bonds is 5. The third-order valence-corrected chi connectivity index (χ3v) is 3.72. The molecule has 2 heterocycles. The zero-order chi connectivity index (χ0) is 14.0. The quantitative estimate of drug-likeness (QED) is 0.794. The van der Waals surface area contributed by atoms with Crippen molar-refractivity contribution in [2.45, 2.75) is 18.8 Å². The number of ether oxygens (including phenoxy) is 1. The van der Waals surface area contributed by atoms with E-state index < -0.39 is 10.8 Å². The molecule has 2 rings (SSSR count). The van der Waals surface area contributed by atoms with E-state index in [4.69, 9.17) is 16.3 Å². The minimum Gasteiger partial charge on any atom is -0.481 e. The van der Waals surface area contributed by atoms with Gasteiger partial charge in [0.1, 0.15) is 11.3 Å². The van der Waals surface area contributed by atoms with Crippen LogP contribution in [0, 0.1) is 0 Å². The summed E-state index contributed by atoms with van der Waals surface area (Å²) in [5.41, 5.74) is 1.48. The Morgan fingerprint density at radius 3 is 2.79 bits per heavy atom. The highest BCUT2D eigenvalue weighted by Crippen LogP contribution is 2.25. The van der Waals surface area contributed by atoms with Gasteiger partial charge in [0.15, 0.2) is 5.65 Å². The first kappa shape index (κ1) is 14.3. The highest BCUT2D eigenvalue weighted by Gasteiger charge is 2.16. The molecule has 2 atom stereocenters. The van der Waals surface area contributed by atoms with Gasteiger partial charge in [0.05, 0.1) is 12.5 Å². The third-order valence-electron chi connectivity index (χ3n) is 2.76. The van der Waals surface area contributed by atoms with Crippen LogP contribution in [0.1, 0.15) is 18.1 Å². The maximum atomic E-state index is 11.3. The summed E-state index contributed by atoms with van der Waals surface area (Å²) >= 11 is 6.15. The molecule has 0 spiro atoms. The number of fused-ring (bicyclic) bond motifs is 1. The van der Waals surface area contributed by atoms with Crippen LogP contribution in [0.3, 0.4) is 0 Å². The summed E-state index contributed by atoms with van der Waals surface area (Å²) in [5.74, 6) is 1.81. The van der Waals surface area contributed by atoms with E-state index in [2.05, 4.69) is 9.97 Å². The van der Waals surface area contributed by atoms with Crippen molar-refractivity contribution >= 4 is 33.6 Å². The lowest BCUT2D eigenvalue weighted by Crippen LogP contribution is -2.11. The van der Waals surface area contributed by atoms with Crippen molar-refractivity contribution < 1.29 is 8.95 Å². The molecular formula is C12H16ClN3O2S. The number of alkyl halides is 1. The first-order valence-electron chi connectivity index (χ1n) is 5.88. The van der Waals surface area contributed by atoms with E-state index in [1.54, 1.807) is 19.4 Å². The van der Waals surface area contributed by atoms with E-state index in [9.17, 15) is 4.21 Å². The van der Waals surface area contributed by atoms with E-state index in [1.165, 1.54) is 0 Å². The lowest BCUT2D eigenvalue weighted by Gasteiger charge is -2.09. The molecule has 0 N–H and O–H groups in total. The van der Waals surface area contributed by atoms with Crippen molar-refractivity contribution in [3.8, 4) is 5.88 Å². The Kier molecular flexibility index (Phi) is 4.42. The molecule has 0 saturated carbocycles. The third kappa shape index (κ3) is 3.06. The monoisotopic (exact) mass is 301 g/mol. The topological polar surface area (TPSA) is 57.0 Å². The standard InChI is InChI=1S/C12H16ClN3O2S/c1-8(13)11-14-9-4-5-10(18-2)15-12(9)16(11)6-7-19(3)17/h4-5,8H,6-7H2,1-3H3. The maximum absolute atomic E-state index is 11.3. The molecule has 2 aromatic heterocycles. The number of pyridine rings is 1. The number of hydrogen-bond donors (Lipinski definition) is 0. The summed E-state index contributed by atoms with van der Waals surface area (Å²) in [6.07, 6.45) is 1.68. The van der Waals surface area contributed by atoms with E-state index >= 15 is 0 Å². The van der Waals surface area contributed by atoms with E-state index in [0.29, 0.717) is 23.8 Å². The van der Waals surface area contributed by atoms with Gasteiger partial charge in [-0.1, -0.05) is 0 Å². The van der Waals surface area contributed by atoms with Gasteiger partial charge in [-0.15, -0.1) is 11.6 Å². The van der Waals surface area contributed by atoms with Gasteiger partial charge in [-0.25, -0.2) is 4.98 Å². The number of halogens is 1. The molecule has 2 aromatic rings. The molecule has 0 fully saturated rings. The average molecular weight is 302 g/mol. The number of methoxy groups -OCH3 is 1. The van der Waals surface area contributed by atoms with Gasteiger partial charge in [-0.05, 0) is 13.0 Å². The molecule has 0 radical (unpaired) electrons. The van der Waals surface area contributed by atoms with Crippen molar-refractivity contribution in [2.24, 2.45) is 0 Å². The lowest BCUT2D eigenvalue weighted by molar-refractivity contribution is 0.399. The molecule has 7 heteroatoms. The van der Waals surface area contributed by atoms with Crippen LogP contribution in [0.4, 0.5) is 0 Å². The molecule has 0 bridgehead atoms. The van der Waals surface area contributed by atoms with Crippen LogP contribution in [0.15, 0.2) is 12.1 Å². The summed E-state index contributed by atoms with van der Waals surface area (Å²) in [7, 11) is 0.698.